The largest absolute Gasteiger partial charge is 0.378 e. The number of nitrogens with zero attached hydrogens (tertiary/aromatic N) is 4. The van der Waals surface area contributed by atoms with E-state index in [1.54, 1.807) is 0 Å². The molecule has 4 rings (SSSR count). The van der Waals surface area contributed by atoms with Crippen molar-refractivity contribution in [2.75, 3.05) is 26.3 Å². The number of amides is 1. The molecule has 1 atom stereocenters. The van der Waals surface area contributed by atoms with E-state index in [0.29, 0.717) is 38.3 Å². The van der Waals surface area contributed by atoms with E-state index in [1.807, 2.05) is 35.2 Å². The first-order valence-corrected chi connectivity index (χ1v) is 10.6. The number of carbonyl (C=O) groups is 1. The van der Waals surface area contributed by atoms with Gasteiger partial charge in [0.25, 0.3) is 0 Å². The monoisotopic (exact) mass is 386 g/mol. The molecule has 2 aromatic rings. The van der Waals surface area contributed by atoms with Crippen LogP contribution in [0, 0.1) is 0 Å². The van der Waals surface area contributed by atoms with Gasteiger partial charge in [0.05, 0.1) is 13.2 Å². The topological polar surface area (TPSA) is 60.3 Å². The second kappa shape index (κ2) is 8.02. The average molecular weight is 387 g/mol. The molecule has 7 heteroatoms. The number of hydrogen-bond acceptors (Lipinski definition) is 5. The molecule has 2 heterocycles. The molecule has 2 aliphatic rings. The lowest BCUT2D eigenvalue weighted by Crippen LogP contribution is -2.42. The van der Waals surface area contributed by atoms with Crippen molar-refractivity contribution in [1.82, 2.24) is 19.7 Å². The normalized spacial score (nSPS) is 18.7. The zero-order chi connectivity index (χ0) is 18.8. The third kappa shape index (κ3) is 4.04. The van der Waals surface area contributed by atoms with Gasteiger partial charge in [0.1, 0.15) is 11.1 Å². The number of hydrogen-bond donors (Lipinski definition) is 0. The van der Waals surface area contributed by atoms with E-state index in [0.717, 1.165) is 16.5 Å². The molecule has 1 aromatic carbocycles. The Hall–Kier alpha value is -1.86. The van der Waals surface area contributed by atoms with Gasteiger partial charge in [0.2, 0.25) is 5.91 Å². The van der Waals surface area contributed by atoms with Gasteiger partial charge in [0.15, 0.2) is 5.16 Å². The summed E-state index contributed by atoms with van der Waals surface area (Å²) in [7, 11) is 0. The van der Waals surface area contributed by atoms with Crippen LogP contribution in [-0.4, -0.2) is 51.9 Å². The zero-order valence-electron chi connectivity index (χ0n) is 15.9. The van der Waals surface area contributed by atoms with Crippen LogP contribution in [0.3, 0.4) is 0 Å². The third-order valence-corrected chi connectivity index (χ3v) is 6.19. The number of aromatic nitrogens is 3. The molecule has 0 bridgehead atoms. The lowest BCUT2D eigenvalue weighted by atomic mass is 10.1. The summed E-state index contributed by atoms with van der Waals surface area (Å²) in [6.45, 7) is 6.79. The highest BCUT2D eigenvalue weighted by Crippen LogP contribution is 2.43. The van der Waals surface area contributed by atoms with E-state index in [1.165, 1.54) is 24.6 Å². The molecule has 0 N–H and O–H groups in total. The van der Waals surface area contributed by atoms with Crippen molar-refractivity contribution >= 4 is 17.7 Å². The summed E-state index contributed by atoms with van der Waals surface area (Å²) in [5, 5.41) is 9.46. The summed E-state index contributed by atoms with van der Waals surface area (Å²) < 4.78 is 7.68. The molecular formula is C20H26N4O2S. The van der Waals surface area contributed by atoms with Gasteiger partial charge in [-0.05, 0) is 18.4 Å². The van der Waals surface area contributed by atoms with Gasteiger partial charge in [0, 0.05) is 25.0 Å². The van der Waals surface area contributed by atoms with E-state index in [2.05, 4.69) is 28.6 Å². The smallest absolute Gasteiger partial charge is 0.240 e. The van der Waals surface area contributed by atoms with Crippen molar-refractivity contribution in [1.29, 1.82) is 0 Å². The zero-order valence-corrected chi connectivity index (χ0v) is 16.7. The second-order valence-electron chi connectivity index (χ2n) is 7.44. The van der Waals surface area contributed by atoms with Crippen LogP contribution in [0.15, 0.2) is 35.5 Å². The van der Waals surface area contributed by atoms with Gasteiger partial charge in [-0.25, -0.2) is 0 Å². The van der Waals surface area contributed by atoms with Crippen molar-refractivity contribution in [3.8, 4) is 0 Å². The van der Waals surface area contributed by atoms with Crippen LogP contribution in [0.2, 0.25) is 0 Å². The maximum Gasteiger partial charge on any atom is 0.240 e. The van der Waals surface area contributed by atoms with Crippen molar-refractivity contribution < 1.29 is 9.53 Å². The van der Waals surface area contributed by atoms with Gasteiger partial charge in [-0.2, -0.15) is 0 Å². The highest BCUT2D eigenvalue weighted by atomic mass is 32.2. The van der Waals surface area contributed by atoms with Crippen LogP contribution in [0.1, 0.15) is 55.3 Å². The molecule has 6 nitrogen and oxygen atoms in total. The number of morpholine rings is 1. The fraction of sp³-hybridized carbons (Fsp3) is 0.550. The quantitative estimate of drug-likeness (QED) is 0.712. The minimum atomic E-state index is -0.314. The number of thioether (sulfide) groups is 1. The van der Waals surface area contributed by atoms with E-state index in [9.17, 15) is 4.79 Å². The van der Waals surface area contributed by atoms with Gasteiger partial charge in [-0.1, -0.05) is 55.9 Å². The average Bonchev–Trinajstić information content (AvgIpc) is 3.46. The Bertz CT molecular complexity index is 783. The second-order valence-corrected chi connectivity index (χ2v) is 8.52. The van der Waals surface area contributed by atoms with Crippen LogP contribution >= 0.6 is 11.8 Å². The highest BCUT2D eigenvalue weighted by molar-refractivity contribution is 8.00. The fourth-order valence-corrected chi connectivity index (χ4v) is 4.58. The van der Waals surface area contributed by atoms with Crippen molar-refractivity contribution in [2.45, 2.75) is 49.1 Å². The third-order valence-electron chi connectivity index (χ3n) is 4.99. The Morgan fingerprint density at radius 1 is 1.15 bits per heavy atom. The van der Waals surface area contributed by atoms with Gasteiger partial charge < -0.3 is 14.2 Å². The maximum absolute atomic E-state index is 13.3. The lowest BCUT2D eigenvalue weighted by Gasteiger charge is -2.30. The first kappa shape index (κ1) is 18.5. The molecule has 1 saturated heterocycles. The van der Waals surface area contributed by atoms with Crippen LogP contribution in [-0.2, 0) is 9.53 Å². The molecule has 0 spiro atoms. The van der Waals surface area contributed by atoms with Gasteiger partial charge in [-0.15, -0.1) is 10.2 Å². The molecule has 27 heavy (non-hydrogen) atoms. The van der Waals surface area contributed by atoms with E-state index in [-0.39, 0.29) is 11.2 Å². The Labute approximate surface area is 164 Å². The standard InChI is InChI=1S/C20H26N4O2S/c1-14(2)18-21-22-20(24(18)16-8-9-16)27-17(15-6-4-3-5-7-15)19(25)23-10-12-26-13-11-23/h3-7,14,16-17H,8-13H2,1-2H3. The maximum atomic E-state index is 13.3. The van der Waals surface area contributed by atoms with E-state index in [4.69, 9.17) is 4.74 Å². The summed E-state index contributed by atoms with van der Waals surface area (Å²) in [5.74, 6) is 1.47. The van der Waals surface area contributed by atoms with E-state index >= 15 is 0 Å². The molecule has 1 unspecified atom stereocenters. The molecule has 1 saturated carbocycles. The lowest BCUT2D eigenvalue weighted by molar-refractivity contribution is -0.134. The summed E-state index contributed by atoms with van der Waals surface area (Å²) in [5.41, 5.74) is 1.01. The molecule has 0 radical (unpaired) electrons. The van der Waals surface area contributed by atoms with Gasteiger partial charge >= 0.3 is 0 Å². The molecule has 144 valence electrons. The predicted molar refractivity (Wildman–Crippen MR) is 105 cm³/mol. The van der Waals surface area contributed by atoms with Crippen LogP contribution in [0.5, 0.6) is 0 Å². The number of ether oxygens (including phenoxy) is 1. The van der Waals surface area contributed by atoms with Crippen LogP contribution in [0.25, 0.3) is 0 Å². The summed E-state index contributed by atoms with van der Waals surface area (Å²) >= 11 is 1.53. The number of rotatable bonds is 6. The van der Waals surface area contributed by atoms with E-state index < -0.39 is 0 Å². The highest BCUT2D eigenvalue weighted by Gasteiger charge is 2.34. The Morgan fingerprint density at radius 3 is 2.48 bits per heavy atom. The molecule has 1 aliphatic carbocycles. The Morgan fingerprint density at radius 2 is 1.85 bits per heavy atom. The Balaban J connectivity index is 1.65. The van der Waals surface area contributed by atoms with Crippen LogP contribution in [0.4, 0.5) is 0 Å². The number of benzene rings is 1. The van der Waals surface area contributed by atoms with Crippen LogP contribution < -0.4 is 0 Å². The van der Waals surface area contributed by atoms with Gasteiger partial charge in [-0.3, -0.25) is 4.79 Å². The molecule has 1 aliphatic heterocycles. The first-order valence-electron chi connectivity index (χ1n) is 9.68. The molecule has 2 fully saturated rings. The molecule has 1 amide bonds. The van der Waals surface area contributed by atoms with Crippen molar-refractivity contribution in [3.63, 3.8) is 0 Å². The first-order chi connectivity index (χ1) is 13.1. The van der Waals surface area contributed by atoms with Crippen molar-refractivity contribution in [2.24, 2.45) is 0 Å². The minimum absolute atomic E-state index is 0.131. The summed E-state index contributed by atoms with van der Waals surface area (Å²) in [4.78, 5) is 15.2. The SMILES string of the molecule is CC(C)c1nnc(SC(C(=O)N2CCOCC2)c2ccccc2)n1C1CC1. The summed E-state index contributed by atoms with van der Waals surface area (Å²) in [6, 6.07) is 10.5. The minimum Gasteiger partial charge on any atom is -0.378 e. The molecule has 1 aromatic heterocycles. The summed E-state index contributed by atoms with van der Waals surface area (Å²) in [6.07, 6.45) is 2.33. The Kier molecular flexibility index (Phi) is 5.50. The fourth-order valence-electron chi connectivity index (χ4n) is 3.38. The molecular weight excluding hydrogens is 360 g/mol. The predicted octanol–water partition coefficient (Wildman–Crippen LogP) is 3.43. The number of carbonyl (C=O) groups excluding carboxylic acids is 1. The van der Waals surface area contributed by atoms with Crippen molar-refractivity contribution in [3.05, 3.63) is 41.7 Å².